The van der Waals surface area contributed by atoms with Crippen molar-refractivity contribution < 1.29 is 4.79 Å². The van der Waals surface area contributed by atoms with E-state index in [1.165, 1.54) is 0 Å². The number of benzene rings is 1. The molecule has 0 saturated carbocycles. The first-order valence-electron chi connectivity index (χ1n) is 6.93. The van der Waals surface area contributed by atoms with E-state index < -0.39 is 0 Å². The number of anilines is 2. The third-order valence-electron chi connectivity index (χ3n) is 3.27. The Morgan fingerprint density at radius 2 is 2.14 bits per heavy atom. The van der Waals surface area contributed by atoms with Gasteiger partial charge in [0.05, 0.1) is 17.4 Å². The number of rotatable bonds is 3. The van der Waals surface area contributed by atoms with E-state index in [4.69, 9.17) is 5.73 Å². The van der Waals surface area contributed by atoms with Crippen LogP contribution in [0.1, 0.15) is 13.8 Å². The zero-order valence-corrected chi connectivity index (χ0v) is 12.3. The Balaban J connectivity index is 2.07. The summed E-state index contributed by atoms with van der Waals surface area (Å²) in [6, 6.07) is 7.35. The number of aromatic nitrogens is 4. The maximum absolute atomic E-state index is 11.9. The third kappa shape index (κ3) is 2.48. The minimum atomic E-state index is -0.0908. The van der Waals surface area contributed by atoms with Gasteiger partial charge in [-0.2, -0.15) is 10.1 Å². The van der Waals surface area contributed by atoms with Crippen LogP contribution in [0.2, 0.25) is 0 Å². The van der Waals surface area contributed by atoms with Crippen molar-refractivity contribution in [2.75, 3.05) is 11.1 Å². The van der Waals surface area contributed by atoms with E-state index in [9.17, 15) is 4.79 Å². The van der Waals surface area contributed by atoms with Gasteiger partial charge in [0.2, 0.25) is 11.9 Å². The van der Waals surface area contributed by atoms with E-state index in [0.29, 0.717) is 5.82 Å². The molecule has 1 aromatic carbocycles. The molecule has 2 heterocycles. The van der Waals surface area contributed by atoms with Gasteiger partial charge in [0.1, 0.15) is 0 Å². The first-order chi connectivity index (χ1) is 10.6. The third-order valence-corrected chi connectivity index (χ3v) is 3.27. The highest BCUT2D eigenvalue weighted by Gasteiger charge is 2.13. The monoisotopic (exact) mass is 296 g/mol. The van der Waals surface area contributed by atoms with Crippen LogP contribution >= 0.6 is 0 Å². The molecule has 112 valence electrons. The number of nitrogens with two attached hydrogens (primary N) is 1. The summed E-state index contributed by atoms with van der Waals surface area (Å²) in [5, 5.41) is 8.09. The number of hydrogen-bond acceptors (Lipinski definition) is 5. The van der Waals surface area contributed by atoms with Crippen LogP contribution < -0.4 is 11.1 Å². The number of carbonyl (C=O) groups excluding carboxylic acids is 1. The lowest BCUT2D eigenvalue weighted by Gasteiger charge is -2.09. The van der Waals surface area contributed by atoms with Crippen LogP contribution in [-0.4, -0.2) is 25.7 Å². The number of fused-ring (bicyclic) bond motifs is 1. The molecule has 7 nitrogen and oxygen atoms in total. The van der Waals surface area contributed by atoms with Gasteiger partial charge < -0.3 is 11.1 Å². The lowest BCUT2D eigenvalue weighted by molar-refractivity contribution is -0.118. The number of nitrogen functional groups attached to an aromatic ring is 1. The van der Waals surface area contributed by atoms with E-state index >= 15 is 0 Å². The molecule has 7 heteroatoms. The molecule has 0 spiro atoms. The Morgan fingerprint density at radius 1 is 1.32 bits per heavy atom. The molecule has 0 saturated heterocycles. The van der Waals surface area contributed by atoms with Gasteiger partial charge in [-0.05, 0) is 12.1 Å². The zero-order valence-electron chi connectivity index (χ0n) is 12.3. The molecule has 2 aromatic heterocycles. The largest absolute Gasteiger partial charge is 0.368 e. The van der Waals surface area contributed by atoms with Gasteiger partial charge in [0, 0.05) is 23.6 Å². The molecule has 22 heavy (non-hydrogen) atoms. The van der Waals surface area contributed by atoms with Gasteiger partial charge in [0.15, 0.2) is 5.82 Å². The van der Waals surface area contributed by atoms with E-state index in [1.54, 1.807) is 23.1 Å². The Labute approximate surface area is 127 Å². The smallest absolute Gasteiger partial charge is 0.226 e. The molecule has 0 aliphatic carbocycles. The second kappa shape index (κ2) is 5.44. The standard InChI is InChI=1S/C15H16N6O/c1-9(2)14(22)19-11-4-3-5-12-10(11)8-18-21(12)13-6-7-17-15(16)20-13/h3-9H,1-2H3,(H,19,22)(H2,16,17,20). The summed E-state index contributed by atoms with van der Waals surface area (Å²) in [4.78, 5) is 19.9. The molecule has 0 bridgehead atoms. The SMILES string of the molecule is CC(C)C(=O)Nc1cccc2c1cnn2-c1ccnc(N)n1. The lowest BCUT2D eigenvalue weighted by atomic mass is 10.1. The highest BCUT2D eigenvalue weighted by Crippen LogP contribution is 2.25. The van der Waals surface area contributed by atoms with Crippen LogP contribution in [0.15, 0.2) is 36.7 Å². The molecule has 0 fully saturated rings. The highest BCUT2D eigenvalue weighted by atomic mass is 16.1. The minimum Gasteiger partial charge on any atom is -0.368 e. The van der Waals surface area contributed by atoms with Gasteiger partial charge in [0.25, 0.3) is 0 Å². The van der Waals surface area contributed by atoms with E-state index in [1.807, 2.05) is 32.0 Å². The summed E-state index contributed by atoms with van der Waals surface area (Å²) in [5.74, 6) is 0.638. The van der Waals surface area contributed by atoms with Crippen molar-refractivity contribution in [3.63, 3.8) is 0 Å². The molecule has 0 aliphatic rings. The maximum atomic E-state index is 11.9. The fourth-order valence-corrected chi connectivity index (χ4v) is 2.10. The van der Waals surface area contributed by atoms with Crippen molar-refractivity contribution in [2.45, 2.75) is 13.8 Å². The molecular weight excluding hydrogens is 280 g/mol. The molecule has 3 rings (SSSR count). The molecule has 0 radical (unpaired) electrons. The lowest BCUT2D eigenvalue weighted by Crippen LogP contribution is -2.17. The molecule has 0 aliphatic heterocycles. The average Bonchev–Trinajstić information content (AvgIpc) is 2.92. The Kier molecular flexibility index (Phi) is 3.46. The van der Waals surface area contributed by atoms with Crippen molar-refractivity contribution in [1.29, 1.82) is 0 Å². The van der Waals surface area contributed by atoms with E-state index in [2.05, 4.69) is 20.4 Å². The molecule has 3 aromatic rings. The second-order valence-corrected chi connectivity index (χ2v) is 5.21. The quantitative estimate of drug-likeness (QED) is 0.770. The average molecular weight is 296 g/mol. The number of hydrogen-bond donors (Lipinski definition) is 2. The molecule has 0 atom stereocenters. The summed E-state index contributed by atoms with van der Waals surface area (Å²) >= 11 is 0. The van der Waals surface area contributed by atoms with Crippen LogP contribution in [0.3, 0.4) is 0 Å². The Bertz CT molecular complexity index is 839. The van der Waals surface area contributed by atoms with Crippen LogP contribution in [0.25, 0.3) is 16.7 Å². The molecule has 1 amide bonds. The Morgan fingerprint density at radius 3 is 2.86 bits per heavy atom. The fraction of sp³-hybridized carbons (Fsp3) is 0.200. The minimum absolute atomic E-state index is 0.0356. The summed E-state index contributed by atoms with van der Waals surface area (Å²) in [7, 11) is 0. The topological polar surface area (TPSA) is 98.7 Å². The van der Waals surface area contributed by atoms with Crippen LogP contribution in [0.4, 0.5) is 11.6 Å². The zero-order chi connectivity index (χ0) is 15.7. The summed E-state index contributed by atoms with van der Waals surface area (Å²) in [6.45, 7) is 3.70. The van der Waals surface area contributed by atoms with E-state index in [-0.39, 0.29) is 17.8 Å². The molecular formula is C15H16N6O. The first-order valence-corrected chi connectivity index (χ1v) is 6.93. The van der Waals surface area contributed by atoms with Gasteiger partial charge in [-0.25, -0.2) is 9.67 Å². The summed E-state index contributed by atoms with van der Waals surface area (Å²) in [6.07, 6.45) is 3.28. The Hall–Kier alpha value is -2.96. The predicted octanol–water partition coefficient (Wildman–Crippen LogP) is 1.99. The van der Waals surface area contributed by atoms with Crippen molar-refractivity contribution in [1.82, 2.24) is 19.7 Å². The first kappa shape index (κ1) is 14.0. The van der Waals surface area contributed by atoms with Gasteiger partial charge in [-0.15, -0.1) is 0 Å². The van der Waals surface area contributed by atoms with Crippen molar-refractivity contribution >= 4 is 28.4 Å². The number of amides is 1. The summed E-state index contributed by atoms with van der Waals surface area (Å²) < 4.78 is 1.67. The normalized spacial score (nSPS) is 11.0. The van der Waals surface area contributed by atoms with Crippen LogP contribution in [0.5, 0.6) is 0 Å². The van der Waals surface area contributed by atoms with Gasteiger partial charge in [-0.1, -0.05) is 19.9 Å². The van der Waals surface area contributed by atoms with Gasteiger partial charge in [-0.3, -0.25) is 4.79 Å². The highest BCUT2D eigenvalue weighted by molar-refractivity contribution is 6.01. The van der Waals surface area contributed by atoms with Crippen LogP contribution in [0, 0.1) is 5.92 Å². The fourth-order valence-electron chi connectivity index (χ4n) is 2.10. The van der Waals surface area contributed by atoms with Crippen molar-refractivity contribution in [3.05, 3.63) is 36.7 Å². The number of carbonyl (C=O) groups is 1. The van der Waals surface area contributed by atoms with E-state index in [0.717, 1.165) is 16.6 Å². The van der Waals surface area contributed by atoms with Gasteiger partial charge >= 0.3 is 0 Å². The number of nitrogens with zero attached hydrogens (tertiary/aromatic N) is 4. The maximum Gasteiger partial charge on any atom is 0.226 e. The molecule has 0 unspecified atom stereocenters. The number of nitrogens with one attached hydrogen (secondary N) is 1. The summed E-state index contributed by atoms with van der Waals surface area (Å²) in [5.41, 5.74) is 7.18. The predicted molar refractivity (Wildman–Crippen MR) is 84.5 cm³/mol. The van der Waals surface area contributed by atoms with Crippen molar-refractivity contribution in [3.8, 4) is 5.82 Å². The van der Waals surface area contributed by atoms with Crippen LogP contribution in [-0.2, 0) is 4.79 Å². The van der Waals surface area contributed by atoms with Crippen molar-refractivity contribution in [2.24, 2.45) is 5.92 Å². The second-order valence-electron chi connectivity index (χ2n) is 5.21. The molecule has 3 N–H and O–H groups in total.